The molecule has 110 valence electrons. The normalized spacial score (nSPS) is 10.8. The molecule has 0 bridgehead atoms. The number of hydrogen-bond acceptors (Lipinski definition) is 2. The molecule has 0 saturated carbocycles. The van der Waals surface area contributed by atoms with Crippen molar-refractivity contribution in [1.82, 2.24) is 4.98 Å². The van der Waals surface area contributed by atoms with E-state index in [2.05, 4.69) is 4.98 Å². The van der Waals surface area contributed by atoms with Gasteiger partial charge in [-0.2, -0.15) is 0 Å². The Kier molecular flexibility index (Phi) is 3.58. The van der Waals surface area contributed by atoms with Crippen molar-refractivity contribution in [1.29, 1.82) is 0 Å². The van der Waals surface area contributed by atoms with Crippen LogP contribution in [0.3, 0.4) is 0 Å². The number of pyridine rings is 1. The third kappa shape index (κ3) is 2.30. The lowest BCUT2D eigenvalue weighted by Crippen LogP contribution is -2.08. The van der Waals surface area contributed by atoms with Crippen LogP contribution < -0.4 is 0 Å². The van der Waals surface area contributed by atoms with Crippen molar-refractivity contribution in [2.24, 2.45) is 0 Å². The molecule has 1 aromatic heterocycles. The molecule has 2 rings (SSSR count). The van der Waals surface area contributed by atoms with Gasteiger partial charge in [0, 0.05) is 0 Å². The van der Waals surface area contributed by atoms with Crippen molar-refractivity contribution in [3.05, 3.63) is 52.7 Å². The number of aromatic carboxylic acids is 1. The summed E-state index contributed by atoms with van der Waals surface area (Å²) < 4.78 is 79.6. The van der Waals surface area contributed by atoms with Gasteiger partial charge in [-0.25, -0.2) is 36.1 Å². The highest BCUT2D eigenvalue weighted by atomic mass is 19.2. The second-order valence-electron chi connectivity index (χ2n) is 3.78. The summed E-state index contributed by atoms with van der Waals surface area (Å²) in [5.74, 6) is -14.7. The molecular formula is C12H3F6NO2. The molecule has 0 spiro atoms. The number of carboxylic acids is 1. The van der Waals surface area contributed by atoms with Crippen LogP contribution in [0.5, 0.6) is 0 Å². The molecule has 0 amide bonds. The van der Waals surface area contributed by atoms with Crippen LogP contribution in [-0.2, 0) is 0 Å². The molecule has 1 aromatic carbocycles. The summed E-state index contributed by atoms with van der Waals surface area (Å²) in [6, 6.07) is 1.16. The lowest BCUT2D eigenvalue weighted by Gasteiger charge is -2.09. The zero-order chi connectivity index (χ0) is 15.9. The van der Waals surface area contributed by atoms with Gasteiger partial charge in [-0.1, -0.05) is 0 Å². The van der Waals surface area contributed by atoms with E-state index in [0.29, 0.717) is 12.1 Å². The van der Waals surface area contributed by atoms with E-state index in [1.165, 1.54) is 0 Å². The maximum absolute atomic E-state index is 13.5. The fraction of sp³-hybridized carbons (Fsp3) is 0. The highest BCUT2D eigenvalue weighted by Gasteiger charge is 2.29. The molecule has 9 heteroatoms. The average Bonchev–Trinajstić information content (AvgIpc) is 2.45. The van der Waals surface area contributed by atoms with Crippen molar-refractivity contribution in [2.75, 3.05) is 0 Å². The van der Waals surface area contributed by atoms with Crippen molar-refractivity contribution < 1.29 is 36.2 Å². The zero-order valence-electron chi connectivity index (χ0n) is 9.73. The fourth-order valence-corrected chi connectivity index (χ4v) is 1.55. The van der Waals surface area contributed by atoms with Gasteiger partial charge >= 0.3 is 5.97 Å². The van der Waals surface area contributed by atoms with E-state index in [0.717, 1.165) is 0 Å². The lowest BCUT2D eigenvalue weighted by atomic mass is 10.1. The predicted octanol–water partition coefficient (Wildman–Crippen LogP) is 3.28. The van der Waals surface area contributed by atoms with Gasteiger partial charge < -0.3 is 5.11 Å². The lowest BCUT2D eigenvalue weighted by molar-refractivity contribution is 0.0690. The number of halogens is 6. The Bertz CT molecular complexity index is 733. The molecule has 0 saturated heterocycles. The first-order valence-corrected chi connectivity index (χ1v) is 5.17. The van der Waals surface area contributed by atoms with Crippen molar-refractivity contribution in [2.45, 2.75) is 0 Å². The van der Waals surface area contributed by atoms with E-state index in [1.54, 1.807) is 0 Å². The van der Waals surface area contributed by atoms with Crippen LogP contribution in [0.2, 0.25) is 0 Å². The summed E-state index contributed by atoms with van der Waals surface area (Å²) in [6.45, 7) is 0. The summed E-state index contributed by atoms with van der Waals surface area (Å²) >= 11 is 0. The third-order valence-electron chi connectivity index (χ3n) is 2.51. The third-order valence-corrected chi connectivity index (χ3v) is 2.51. The maximum Gasteiger partial charge on any atom is 0.354 e. The largest absolute Gasteiger partial charge is 0.477 e. The van der Waals surface area contributed by atoms with Gasteiger partial charge in [0.05, 0.1) is 5.56 Å². The van der Waals surface area contributed by atoms with E-state index in [4.69, 9.17) is 5.11 Å². The minimum atomic E-state index is -2.41. The quantitative estimate of drug-likeness (QED) is 0.526. The maximum atomic E-state index is 13.5. The summed E-state index contributed by atoms with van der Waals surface area (Å²) in [5.41, 5.74) is -3.75. The van der Waals surface area contributed by atoms with Gasteiger partial charge in [-0.15, -0.1) is 0 Å². The summed E-state index contributed by atoms with van der Waals surface area (Å²) in [7, 11) is 0. The number of aromatic nitrogens is 1. The first kappa shape index (κ1) is 14.8. The van der Waals surface area contributed by atoms with E-state index >= 15 is 0 Å². The van der Waals surface area contributed by atoms with Gasteiger partial charge in [0.2, 0.25) is 5.82 Å². The predicted molar refractivity (Wildman–Crippen MR) is 56.4 cm³/mol. The SMILES string of the molecule is O=C(O)c1ccc(F)c(-c2c(F)c(F)c(F)c(F)c2F)n1. The molecule has 0 aliphatic rings. The van der Waals surface area contributed by atoms with E-state index in [1.807, 2.05) is 0 Å². The fourth-order valence-electron chi connectivity index (χ4n) is 1.55. The molecule has 0 unspecified atom stereocenters. The van der Waals surface area contributed by atoms with Crippen LogP contribution in [0.4, 0.5) is 26.3 Å². The summed E-state index contributed by atoms with van der Waals surface area (Å²) in [6.07, 6.45) is 0. The molecule has 2 aromatic rings. The Morgan fingerprint density at radius 1 is 0.857 bits per heavy atom. The average molecular weight is 307 g/mol. The Hall–Kier alpha value is -2.58. The Labute approximate surface area is 112 Å². The van der Waals surface area contributed by atoms with E-state index in [9.17, 15) is 31.1 Å². The molecule has 0 fully saturated rings. The topological polar surface area (TPSA) is 50.2 Å². The van der Waals surface area contributed by atoms with Crippen LogP contribution in [-0.4, -0.2) is 16.1 Å². The monoisotopic (exact) mass is 307 g/mol. The van der Waals surface area contributed by atoms with Gasteiger partial charge in [-0.3, -0.25) is 0 Å². The van der Waals surface area contributed by atoms with E-state index < -0.39 is 57.8 Å². The Balaban J connectivity index is 2.85. The first-order valence-electron chi connectivity index (χ1n) is 5.17. The van der Waals surface area contributed by atoms with Crippen LogP contribution in [0.25, 0.3) is 11.3 Å². The molecule has 1 heterocycles. The smallest absolute Gasteiger partial charge is 0.354 e. The number of hydrogen-bond donors (Lipinski definition) is 1. The second kappa shape index (κ2) is 5.08. The molecule has 21 heavy (non-hydrogen) atoms. The minimum absolute atomic E-state index is 0.490. The first-order chi connectivity index (χ1) is 9.75. The molecule has 0 atom stereocenters. The number of rotatable bonds is 2. The molecule has 0 aliphatic carbocycles. The molecule has 1 N–H and O–H groups in total. The van der Waals surface area contributed by atoms with Crippen molar-refractivity contribution >= 4 is 5.97 Å². The molecular weight excluding hydrogens is 304 g/mol. The Morgan fingerprint density at radius 2 is 1.33 bits per heavy atom. The summed E-state index contributed by atoms with van der Waals surface area (Å²) in [5, 5.41) is 8.66. The molecule has 0 aliphatic heterocycles. The molecule has 3 nitrogen and oxygen atoms in total. The zero-order valence-corrected chi connectivity index (χ0v) is 9.73. The highest BCUT2D eigenvalue weighted by Crippen LogP contribution is 2.31. The van der Waals surface area contributed by atoms with E-state index in [-0.39, 0.29) is 0 Å². The molecule has 0 radical (unpaired) electrons. The van der Waals surface area contributed by atoms with Crippen LogP contribution >= 0.6 is 0 Å². The van der Waals surface area contributed by atoms with Crippen molar-refractivity contribution in [3.63, 3.8) is 0 Å². The van der Waals surface area contributed by atoms with Gasteiger partial charge in [0.15, 0.2) is 23.3 Å². The second-order valence-corrected chi connectivity index (χ2v) is 3.78. The van der Waals surface area contributed by atoms with Crippen LogP contribution in [0, 0.1) is 34.9 Å². The number of nitrogens with zero attached hydrogens (tertiary/aromatic N) is 1. The van der Waals surface area contributed by atoms with Gasteiger partial charge in [0.1, 0.15) is 17.2 Å². The van der Waals surface area contributed by atoms with Crippen molar-refractivity contribution in [3.8, 4) is 11.3 Å². The van der Waals surface area contributed by atoms with Crippen LogP contribution in [0.15, 0.2) is 12.1 Å². The Morgan fingerprint density at radius 3 is 1.81 bits per heavy atom. The minimum Gasteiger partial charge on any atom is -0.477 e. The number of carboxylic acid groups (broad SMARTS) is 1. The highest BCUT2D eigenvalue weighted by molar-refractivity contribution is 5.86. The van der Waals surface area contributed by atoms with Gasteiger partial charge in [-0.05, 0) is 12.1 Å². The standard InChI is InChI=1S/C12H3F6NO2/c13-3-1-2-4(12(20)21)19-11(3)5-6(14)8(16)10(18)9(17)7(5)15/h1-2H,(H,20,21). The van der Waals surface area contributed by atoms with Crippen LogP contribution in [0.1, 0.15) is 10.5 Å². The number of carbonyl (C=O) groups is 1. The van der Waals surface area contributed by atoms with Gasteiger partial charge in [0.25, 0.3) is 0 Å². The number of benzene rings is 1. The summed E-state index contributed by atoms with van der Waals surface area (Å²) in [4.78, 5) is 13.7.